The third-order valence-electron chi connectivity index (χ3n) is 3.25. The average Bonchev–Trinajstić information content (AvgIpc) is 2.99. The Hall–Kier alpha value is -2.71. The van der Waals surface area contributed by atoms with Crippen molar-refractivity contribution in [2.75, 3.05) is 6.79 Å². The van der Waals surface area contributed by atoms with Crippen LogP contribution < -0.4 is 19.9 Å². The van der Waals surface area contributed by atoms with E-state index < -0.39 is 0 Å². The van der Waals surface area contributed by atoms with Crippen molar-refractivity contribution in [3.63, 3.8) is 0 Å². The molecule has 1 aliphatic rings. The van der Waals surface area contributed by atoms with Crippen LogP contribution in [0.3, 0.4) is 0 Å². The van der Waals surface area contributed by atoms with Gasteiger partial charge >= 0.3 is 0 Å². The molecule has 0 spiro atoms. The lowest BCUT2D eigenvalue weighted by molar-refractivity contribution is 0.173. The molecule has 0 saturated carbocycles. The van der Waals surface area contributed by atoms with Gasteiger partial charge in [0, 0.05) is 18.2 Å². The molecule has 2 aromatic rings. The van der Waals surface area contributed by atoms with Gasteiger partial charge in [0.1, 0.15) is 12.4 Å². The second kappa shape index (κ2) is 5.73. The van der Waals surface area contributed by atoms with Crippen molar-refractivity contribution in [3.8, 4) is 23.3 Å². The molecule has 2 aromatic carbocycles. The topological polar surface area (TPSA) is 77.5 Å². The Labute approximate surface area is 122 Å². The van der Waals surface area contributed by atoms with Gasteiger partial charge in [0.05, 0.1) is 11.6 Å². The van der Waals surface area contributed by atoms with Gasteiger partial charge in [-0.2, -0.15) is 5.26 Å². The SMILES string of the molecule is N#Cc1ccc(COc2cc3c(cc2CN)OCO3)cc1. The van der Waals surface area contributed by atoms with Crippen molar-refractivity contribution in [1.29, 1.82) is 5.26 Å². The van der Waals surface area contributed by atoms with Crippen LogP contribution in [0.15, 0.2) is 36.4 Å². The molecule has 0 fully saturated rings. The zero-order valence-corrected chi connectivity index (χ0v) is 11.3. The highest BCUT2D eigenvalue weighted by molar-refractivity contribution is 5.51. The van der Waals surface area contributed by atoms with Crippen molar-refractivity contribution in [3.05, 3.63) is 53.1 Å². The molecule has 5 nitrogen and oxygen atoms in total. The predicted octanol–water partition coefficient (Wildman–Crippen LogP) is 2.32. The van der Waals surface area contributed by atoms with E-state index in [0.717, 1.165) is 11.1 Å². The van der Waals surface area contributed by atoms with Gasteiger partial charge in [-0.15, -0.1) is 0 Å². The van der Waals surface area contributed by atoms with E-state index in [-0.39, 0.29) is 6.79 Å². The zero-order valence-electron chi connectivity index (χ0n) is 11.3. The Balaban J connectivity index is 1.76. The molecule has 0 unspecified atom stereocenters. The minimum absolute atomic E-state index is 0.221. The first-order valence-electron chi connectivity index (χ1n) is 6.54. The zero-order chi connectivity index (χ0) is 14.7. The fourth-order valence-corrected chi connectivity index (χ4v) is 2.10. The van der Waals surface area contributed by atoms with Gasteiger partial charge in [-0.05, 0) is 23.8 Å². The van der Waals surface area contributed by atoms with E-state index in [2.05, 4.69) is 6.07 Å². The number of hydrogen-bond acceptors (Lipinski definition) is 5. The monoisotopic (exact) mass is 282 g/mol. The number of nitrogens with two attached hydrogens (primary N) is 1. The smallest absolute Gasteiger partial charge is 0.231 e. The summed E-state index contributed by atoms with van der Waals surface area (Å²) in [5.41, 5.74) is 8.22. The third-order valence-corrected chi connectivity index (χ3v) is 3.25. The first kappa shape index (κ1) is 13.3. The van der Waals surface area contributed by atoms with E-state index in [1.54, 1.807) is 18.2 Å². The molecular weight excluding hydrogens is 268 g/mol. The van der Waals surface area contributed by atoms with Crippen LogP contribution in [-0.2, 0) is 13.2 Å². The van der Waals surface area contributed by atoms with Gasteiger partial charge in [-0.3, -0.25) is 0 Å². The number of hydrogen-bond donors (Lipinski definition) is 1. The van der Waals surface area contributed by atoms with Crippen LogP contribution >= 0.6 is 0 Å². The van der Waals surface area contributed by atoms with Crippen LogP contribution in [0, 0.1) is 11.3 Å². The molecule has 1 aliphatic heterocycles. The molecule has 0 saturated heterocycles. The summed E-state index contributed by atoms with van der Waals surface area (Å²) in [6, 6.07) is 13.0. The summed E-state index contributed by atoms with van der Waals surface area (Å²) < 4.78 is 16.5. The number of rotatable bonds is 4. The molecule has 2 N–H and O–H groups in total. The largest absolute Gasteiger partial charge is 0.488 e. The fraction of sp³-hybridized carbons (Fsp3) is 0.188. The normalized spacial score (nSPS) is 12.0. The van der Waals surface area contributed by atoms with Crippen molar-refractivity contribution < 1.29 is 14.2 Å². The highest BCUT2D eigenvalue weighted by atomic mass is 16.7. The van der Waals surface area contributed by atoms with Gasteiger partial charge in [0.2, 0.25) is 6.79 Å². The van der Waals surface area contributed by atoms with Crippen molar-refractivity contribution >= 4 is 0 Å². The van der Waals surface area contributed by atoms with Crippen molar-refractivity contribution in [2.45, 2.75) is 13.2 Å². The first-order chi connectivity index (χ1) is 10.3. The fourth-order valence-electron chi connectivity index (χ4n) is 2.10. The summed E-state index contributed by atoms with van der Waals surface area (Å²) in [4.78, 5) is 0. The number of fused-ring (bicyclic) bond motifs is 1. The molecular formula is C16H14N2O3. The predicted molar refractivity (Wildman–Crippen MR) is 75.9 cm³/mol. The molecule has 3 rings (SSSR count). The minimum Gasteiger partial charge on any atom is -0.488 e. The maximum Gasteiger partial charge on any atom is 0.231 e. The lowest BCUT2D eigenvalue weighted by Crippen LogP contribution is -2.03. The minimum atomic E-state index is 0.221. The summed E-state index contributed by atoms with van der Waals surface area (Å²) in [6.07, 6.45) is 0. The first-order valence-corrected chi connectivity index (χ1v) is 6.54. The summed E-state index contributed by atoms with van der Waals surface area (Å²) in [6.45, 7) is 0.982. The van der Waals surface area contributed by atoms with Crippen LogP contribution in [0.1, 0.15) is 16.7 Å². The Morgan fingerprint density at radius 2 is 1.86 bits per heavy atom. The number of ether oxygens (including phenoxy) is 3. The molecule has 0 aromatic heterocycles. The van der Waals surface area contributed by atoms with E-state index in [4.69, 9.17) is 25.2 Å². The van der Waals surface area contributed by atoms with Gasteiger partial charge in [-0.1, -0.05) is 12.1 Å². The molecule has 0 atom stereocenters. The highest BCUT2D eigenvalue weighted by Gasteiger charge is 2.17. The van der Waals surface area contributed by atoms with E-state index in [1.165, 1.54) is 0 Å². The molecule has 0 bridgehead atoms. The Kier molecular flexibility index (Phi) is 3.63. The van der Waals surface area contributed by atoms with Crippen LogP contribution in [0.2, 0.25) is 0 Å². The third kappa shape index (κ3) is 2.76. The van der Waals surface area contributed by atoms with Crippen LogP contribution in [0.25, 0.3) is 0 Å². The number of benzene rings is 2. The van der Waals surface area contributed by atoms with Gasteiger partial charge < -0.3 is 19.9 Å². The van der Waals surface area contributed by atoms with E-state index in [1.807, 2.05) is 18.2 Å². The van der Waals surface area contributed by atoms with Crippen LogP contribution in [0.5, 0.6) is 17.2 Å². The number of nitrogens with zero attached hydrogens (tertiary/aromatic N) is 1. The Morgan fingerprint density at radius 3 is 2.52 bits per heavy atom. The second-order valence-electron chi connectivity index (χ2n) is 4.61. The lowest BCUT2D eigenvalue weighted by Gasteiger charge is -2.11. The quantitative estimate of drug-likeness (QED) is 0.931. The lowest BCUT2D eigenvalue weighted by atomic mass is 10.1. The average molecular weight is 282 g/mol. The molecule has 5 heteroatoms. The van der Waals surface area contributed by atoms with Gasteiger partial charge in [0.25, 0.3) is 0 Å². The van der Waals surface area contributed by atoms with Crippen LogP contribution in [0.4, 0.5) is 0 Å². The maximum absolute atomic E-state index is 8.77. The number of nitriles is 1. The molecule has 0 aliphatic carbocycles. The molecule has 21 heavy (non-hydrogen) atoms. The summed E-state index contributed by atoms with van der Waals surface area (Å²) in [5, 5.41) is 8.77. The maximum atomic E-state index is 8.77. The second-order valence-corrected chi connectivity index (χ2v) is 4.61. The van der Waals surface area contributed by atoms with Crippen molar-refractivity contribution in [2.24, 2.45) is 5.73 Å². The summed E-state index contributed by atoms with van der Waals surface area (Å²) in [7, 11) is 0. The van der Waals surface area contributed by atoms with E-state index in [9.17, 15) is 0 Å². The van der Waals surface area contributed by atoms with Gasteiger partial charge in [0.15, 0.2) is 11.5 Å². The standard InChI is InChI=1S/C16H14N2O3/c17-7-11-1-3-12(4-2-11)9-19-14-6-16-15(20-10-21-16)5-13(14)8-18/h1-6H,8-10,18H2. The molecule has 1 heterocycles. The van der Waals surface area contributed by atoms with Gasteiger partial charge in [-0.25, -0.2) is 0 Å². The molecule has 0 radical (unpaired) electrons. The molecule has 0 amide bonds. The van der Waals surface area contributed by atoms with E-state index in [0.29, 0.717) is 36.0 Å². The molecule has 106 valence electrons. The summed E-state index contributed by atoms with van der Waals surface area (Å²) >= 11 is 0. The van der Waals surface area contributed by atoms with E-state index >= 15 is 0 Å². The summed E-state index contributed by atoms with van der Waals surface area (Å²) in [5.74, 6) is 2.05. The van der Waals surface area contributed by atoms with Crippen molar-refractivity contribution in [1.82, 2.24) is 0 Å². The Bertz CT molecular complexity index is 690. The van der Waals surface area contributed by atoms with Crippen LogP contribution in [-0.4, -0.2) is 6.79 Å². The Morgan fingerprint density at radius 1 is 1.14 bits per heavy atom. The highest BCUT2D eigenvalue weighted by Crippen LogP contribution is 2.38.